The molecule has 0 radical (unpaired) electrons. The standard InChI is InChI=1S/C13H16FNO2/c14-12-4-2-1-3-11(12)13(16)15-7-5-10-6-8-17-9-10/h1-4,10H,5-9H2,(H,15,16). The molecule has 2 rings (SSSR count). The lowest BCUT2D eigenvalue weighted by Crippen LogP contribution is -2.26. The van der Waals surface area contributed by atoms with Gasteiger partial charge in [0, 0.05) is 19.8 Å². The number of ether oxygens (including phenoxy) is 1. The molecule has 1 fully saturated rings. The van der Waals surface area contributed by atoms with Crippen LogP contribution in [0.3, 0.4) is 0 Å². The van der Waals surface area contributed by atoms with Crippen LogP contribution in [0.5, 0.6) is 0 Å². The fraction of sp³-hybridized carbons (Fsp3) is 0.462. The van der Waals surface area contributed by atoms with E-state index < -0.39 is 5.82 Å². The highest BCUT2D eigenvalue weighted by Gasteiger charge is 2.16. The molecule has 1 atom stereocenters. The van der Waals surface area contributed by atoms with Gasteiger partial charge in [0.1, 0.15) is 5.82 Å². The van der Waals surface area contributed by atoms with Crippen molar-refractivity contribution in [3.05, 3.63) is 35.6 Å². The van der Waals surface area contributed by atoms with E-state index in [9.17, 15) is 9.18 Å². The molecule has 92 valence electrons. The van der Waals surface area contributed by atoms with Gasteiger partial charge in [0.05, 0.1) is 5.56 Å². The molecule has 0 aliphatic carbocycles. The molecule has 17 heavy (non-hydrogen) atoms. The first kappa shape index (κ1) is 12.0. The number of benzene rings is 1. The first-order valence-corrected chi connectivity index (χ1v) is 5.88. The third-order valence-corrected chi connectivity index (χ3v) is 2.98. The van der Waals surface area contributed by atoms with E-state index in [1.807, 2.05) is 0 Å². The van der Waals surface area contributed by atoms with Crippen LogP contribution in [0.15, 0.2) is 24.3 Å². The Kier molecular flexibility index (Phi) is 4.09. The van der Waals surface area contributed by atoms with E-state index in [-0.39, 0.29) is 11.5 Å². The summed E-state index contributed by atoms with van der Waals surface area (Å²) in [6, 6.07) is 6.01. The summed E-state index contributed by atoms with van der Waals surface area (Å²) in [5.74, 6) is -0.299. The van der Waals surface area contributed by atoms with Crippen molar-refractivity contribution in [3.63, 3.8) is 0 Å². The van der Waals surface area contributed by atoms with Crippen LogP contribution in [0.25, 0.3) is 0 Å². The first-order valence-electron chi connectivity index (χ1n) is 5.88. The van der Waals surface area contributed by atoms with Crippen LogP contribution in [0.4, 0.5) is 4.39 Å². The van der Waals surface area contributed by atoms with Gasteiger partial charge in [0.25, 0.3) is 5.91 Å². The van der Waals surface area contributed by atoms with Gasteiger partial charge in [-0.05, 0) is 30.9 Å². The van der Waals surface area contributed by atoms with Gasteiger partial charge in [-0.3, -0.25) is 4.79 Å². The molecular formula is C13H16FNO2. The average molecular weight is 237 g/mol. The number of carbonyl (C=O) groups excluding carboxylic acids is 1. The number of rotatable bonds is 4. The summed E-state index contributed by atoms with van der Waals surface area (Å²) in [6.07, 6.45) is 1.94. The van der Waals surface area contributed by atoms with Crippen molar-refractivity contribution in [3.8, 4) is 0 Å². The smallest absolute Gasteiger partial charge is 0.254 e. The Balaban J connectivity index is 1.79. The Labute approximate surface area is 100.0 Å². The number of hydrogen-bond donors (Lipinski definition) is 1. The molecule has 3 nitrogen and oxygen atoms in total. The third-order valence-electron chi connectivity index (χ3n) is 2.98. The molecule has 1 aliphatic heterocycles. The Morgan fingerprint density at radius 1 is 1.47 bits per heavy atom. The predicted octanol–water partition coefficient (Wildman–Crippen LogP) is 1.98. The topological polar surface area (TPSA) is 38.3 Å². The van der Waals surface area contributed by atoms with Gasteiger partial charge in [-0.25, -0.2) is 4.39 Å². The fourth-order valence-corrected chi connectivity index (χ4v) is 1.94. The van der Waals surface area contributed by atoms with Crippen LogP contribution in [-0.4, -0.2) is 25.7 Å². The van der Waals surface area contributed by atoms with Crippen molar-refractivity contribution in [2.75, 3.05) is 19.8 Å². The zero-order chi connectivity index (χ0) is 12.1. The lowest BCUT2D eigenvalue weighted by molar-refractivity contribution is 0.0946. The van der Waals surface area contributed by atoms with Crippen molar-refractivity contribution in [1.29, 1.82) is 0 Å². The molecule has 1 amide bonds. The van der Waals surface area contributed by atoms with Gasteiger partial charge in [-0.1, -0.05) is 12.1 Å². The number of amides is 1. The van der Waals surface area contributed by atoms with E-state index in [4.69, 9.17) is 4.74 Å². The van der Waals surface area contributed by atoms with Crippen LogP contribution in [-0.2, 0) is 4.74 Å². The first-order chi connectivity index (χ1) is 8.27. The summed E-state index contributed by atoms with van der Waals surface area (Å²) in [6.45, 7) is 2.16. The molecule has 0 bridgehead atoms. The molecule has 0 spiro atoms. The summed E-state index contributed by atoms with van der Waals surface area (Å²) in [5.41, 5.74) is 0.107. The van der Waals surface area contributed by atoms with Crippen LogP contribution in [0.1, 0.15) is 23.2 Å². The average Bonchev–Trinajstić information content (AvgIpc) is 2.82. The molecule has 1 N–H and O–H groups in total. The molecule has 1 saturated heterocycles. The van der Waals surface area contributed by atoms with Crippen LogP contribution >= 0.6 is 0 Å². The zero-order valence-corrected chi connectivity index (χ0v) is 9.62. The number of hydrogen-bond acceptors (Lipinski definition) is 2. The van der Waals surface area contributed by atoms with E-state index in [0.29, 0.717) is 12.5 Å². The van der Waals surface area contributed by atoms with Crippen LogP contribution < -0.4 is 5.32 Å². The van der Waals surface area contributed by atoms with E-state index in [1.54, 1.807) is 12.1 Å². The van der Waals surface area contributed by atoms with Gasteiger partial charge < -0.3 is 10.1 Å². The highest BCUT2D eigenvalue weighted by molar-refractivity contribution is 5.94. The number of halogens is 1. The zero-order valence-electron chi connectivity index (χ0n) is 9.62. The summed E-state index contributed by atoms with van der Waals surface area (Å²) in [5, 5.41) is 2.73. The molecular weight excluding hydrogens is 221 g/mol. The minimum absolute atomic E-state index is 0.107. The summed E-state index contributed by atoms with van der Waals surface area (Å²) >= 11 is 0. The van der Waals surface area contributed by atoms with Crippen LogP contribution in [0, 0.1) is 11.7 Å². The Morgan fingerprint density at radius 3 is 3.00 bits per heavy atom. The second kappa shape index (κ2) is 5.77. The summed E-state index contributed by atoms with van der Waals surface area (Å²) in [7, 11) is 0. The van der Waals surface area contributed by atoms with Crippen molar-refractivity contribution < 1.29 is 13.9 Å². The Hall–Kier alpha value is -1.42. The van der Waals surface area contributed by atoms with Crippen molar-refractivity contribution in [1.82, 2.24) is 5.32 Å². The van der Waals surface area contributed by atoms with Crippen molar-refractivity contribution in [2.24, 2.45) is 5.92 Å². The summed E-state index contributed by atoms with van der Waals surface area (Å²) < 4.78 is 18.5. The maximum Gasteiger partial charge on any atom is 0.254 e. The minimum atomic E-state index is -0.478. The molecule has 1 unspecified atom stereocenters. The lowest BCUT2D eigenvalue weighted by atomic mass is 10.1. The number of carbonyl (C=O) groups is 1. The van der Waals surface area contributed by atoms with Gasteiger partial charge in [0.2, 0.25) is 0 Å². The largest absolute Gasteiger partial charge is 0.381 e. The maximum absolute atomic E-state index is 13.3. The van der Waals surface area contributed by atoms with Crippen molar-refractivity contribution in [2.45, 2.75) is 12.8 Å². The quantitative estimate of drug-likeness (QED) is 0.869. The molecule has 1 aromatic carbocycles. The van der Waals surface area contributed by atoms with E-state index in [1.165, 1.54) is 12.1 Å². The Morgan fingerprint density at radius 2 is 2.29 bits per heavy atom. The van der Waals surface area contributed by atoms with E-state index in [2.05, 4.69) is 5.32 Å². The molecule has 1 aromatic rings. The van der Waals surface area contributed by atoms with Gasteiger partial charge in [-0.15, -0.1) is 0 Å². The number of nitrogens with one attached hydrogen (secondary N) is 1. The predicted molar refractivity (Wildman–Crippen MR) is 62.3 cm³/mol. The fourth-order valence-electron chi connectivity index (χ4n) is 1.94. The normalized spacial score (nSPS) is 19.2. The molecule has 1 heterocycles. The third kappa shape index (κ3) is 3.27. The van der Waals surface area contributed by atoms with Gasteiger partial charge in [0.15, 0.2) is 0 Å². The van der Waals surface area contributed by atoms with E-state index in [0.717, 1.165) is 26.1 Å². The van der Waals surface area contributed by atoms with E-state index >= 15 is 0 Å². The molecule has 0 aromatic heterocycles. The molecule has 1 aliphatic rings. The second-order valence-electron chi connectivity index (χ2n) is 4.25. The van der Waals surface area contributed by atoms with Crippen LogP contribution in [0.2, 0.25) is 0 Å². The molecule has 0 saturated carbocycles. The SMILES string of the molecule is O=C(NCCC1CCOC1)c1ccccc1F. The van der Waals surface area contributed by atoms with Gasteiger partial charge >= 0.3 is 0 Å². The maximum atomic E-state index is 13.3. The summed E-state index contributed by atoms with van der Waals surface area (Å²) in [4.78, 5) is 11.7. The monoisotopic (exact) mass is 237 g/mol. The lowest BCUT2D eigenvalue weighted by Gasteiger charge is -2.09. The molecule has 4 heteroatoms. The second-order valence-corrected chi connectivity index (χ2v) is 4.25. The highest BCUT2D eigenvalue weighted by Crippen LogP contribution is 2.15. The van der Waals surface area contributed by atoms with Gasteiger partial charge in [-0.2, -0.15) is 0 Å². The van der Waals surface area contributed by atoms with Crippen molar-refractivity contribution >= 4 is 5.91 Å². The highest BCUT2D eigenvalue weighted by atomic mass is 19.1. The Bertz CT molecular complexity index is 389. The minimum Gasteiger partial charge on any atom is -0.381 e.